The number of benzene rings is 3. The Morgan fingerprint density at radius 2 is 1.31 bits per heavy atom. The number of aliphatic hydroxyl groups is 1. The number of nitrogens with zero attached hydrogens (tertiary/aromatic N) is 1. The number of rotatable bonds is 10. The molecular weight excluding hydrogens is 462 g/mol. The summed E-state index contributed by atoms with van der Waals surface area (Å²) >= 11 is 0. The van der Waals surface area contributed by atoms with Gasteiger partial charge in [0, 0.05) is 19.6 Å². The molecule has 0 aliphatic carbocycles. The lowest BCUT2D eigenvalue weighted by Gasteiger charge is -2.43. The Morgan fingerprint density at radius 1 is 0.861 bits per heavy atom. The second-order valence-corrected chi connectivity index (χ2v) is 15.1. The first-order valence-electron chi connectivity index (χ1n) is 12.8. The molecule has 0 unspecified atom stereocenters. The molecular formula is C31H41NO3Si. The van der Waals surface area contributed by atoms with Crippen LogP contribution in [0.15, 0.2) is 91.0 Å². The largest absolute Gasteiger partial charge is 0.407 e. The fourth-order valence-corrected chi connectivity index (χ4v) is 9.54. The summed E-state index contributed by atoms with van der Waals surface area (Å²) in [5.41, 5.74) is 0.812. The molecule has 36 heavy (non-hydrogen) atoms. The van der Waals surface area contributed by atoms with Crippen LogP contribution in [0.2, 0.25) is 5.04 Å². The van der Waals surface area contributed by atoms with E-state index in [4.69, 9.17) is 4.43 Å². The molecule has 5 heteroatoms. The molecule has 3 rings (SSSR count). The first-order chi connectivity index (χ1) is 17.1. The third-order valence-corrected chi connectivity index (χ3v) is 12.3. The van der Waals surface area contributed by atoms with E-state index in [-0.39, 0.29) is 22.9 Å². The van der Waals surface area contributed by atoms with Gasteiger partial charge >= 0.3 is 0 Å². The molecule has 3 aromatic carbocycles. The second kappa shape index (κ2) is 12.0. The summed E-state index contributed by atoms with van der Waals surface area (Å²) in [4.78, 5) is 15.0. The van der Waals surface area contributed by atoms with Crippen molar-refractivity contribution in [2.75, 3.05) is 13.7 Å². The van der Waals surface area contributed by atoms with Gasteiger partial charge in [-0.05, 0) is 34.3 Å². The standard InChI is InChI=1S/C31H41NO3Si/c1-24(30(34)32(6)25(2)29(33)26-16-10-7-11-17-26)22-23-35-36(31(3,4)5,27-18-12-8-13-19-27)28-20-14-9-15-21-28/h7-21,24-25,29,33H,22-23H2,1-6H3/t24-,25+,29-/m1/s1. The van der Waals surface area contributed by atoms with Gasteiger partial charge in [-0.25, -0.2) is 0 Å². The van der Waals surface area contributed by atoms with E-state index in [2.05, 4.69) is 69.3 Å². The van der Waals surface area contributed by atoms with Crippen LogP contribution in [-0.2, 0) is 9.22 Å². The quantitative estimate of drug-likeness (QED) is 0.388. The highest BCUT2D eigenvalue weighted by molar-refractivity contribution is 6.99. The molecule has 0 fully saturated rings. The van der Waals surface area contributed by atoms with Crippen LogP contribution in [0.3, 0.4) is 0 Å². The van der Waals surface area contributed by atoms with E-state index < -0.39 is 14.4 Å². The van der Waals surface area contributed by atoms with Crippen LogP contribution < -0.4 is 10.4 Å². The maximum atomic E-state index is 13.3. The van der Waals surface area contributed by atoms with Gasteiger partial charge in [0.15, 0.2) is 0 Å². The molecule has 1 N–H and O–H groups in total. The molecule has 0 spiro atoms. The van der Waals surface area contributed by atoms with Crippen molar-refractivity contribution in [2.24, 2.45) is 5.92 Å². The van der Waals surface area contributed by atoms with Crippen molar-refractivity contribution in [1.82, 2.24) is 4.90 Å². The van der Waals surface area contributed by atoms with Crippen molar-refractivity contribution in [3.63, 3.8) is 0 Å². The van der Waals surface area contributed by atoms with Gasteiger partial charge in [-0.2, -0.15) is 0 Å². The minimum Gasteiger partial charge on any atom is -0.407 e. The van der Waals surface area contributed by atoms with Crippen molar-refractivity contribution in [2.45, 2.75) is 58.2 Å². The summed E-state index contributed by atoms with van der Waals surface area (Å²) in [6.45, 7) is 11.1. The highest BCUT2D eigenvalue weighted by atomic mass is 28.4. The fraction of sp³-hybridized carbons (Fsp3) is 0.387. The van der Waals surface area contributed by atoms with Gasteiger partial charge in [0.2, 0.25) is 5.91 Å². The van der Waals surface area contributed by atoms with Crippen LogP contribution in [0.4, 0.5) is 0 Å². The van der Waals surface area contributed by atoms with E-state index in [0.29, 0.717) is 13.0 Å². The molecule has 192 valence electrons. The fourth-order valence-electron chi connectivity index (χ4n) is 4.96. The van der Waals surface area contributed by atoms with Crippen molar-refractivity contribution < 1.29 is 14.3 Å². The molecule has 3 atom stereocenters. The third-order valence-electron chi connectivity index (χ3n) is 7.26. The number of carbonyl (C=O) groups is 1. The van der Waals surface area contributed by atoms with Crippen molar-refractivity contribution in [3.05, 3.63) is 96.6 Å². The molecule has 0 aliphatic heterocycles. The van der Waals surface area contributed by atoms with Crippen LogP contribution in [0, 0.1) is 5.92 Å². The van der Waals surface area contributed by atoms with Gasteiger partial charge in [-0.1, -0.05) is 119 Å². The van der Waals surface area contributed by atoms with Crippen LogP contribution >= 0.6 is 0 Å². The number of amides is 1. The van der Waals surface area contributed by atoms with Crippen molar-refractivity contribution >= 4 is 24.6 Å². The number of hydrogen-bond acceptors (Lipinski definition) is 3. The molecule has 0 saturated carbocycles. The summed E-state index contributed by atoms with van der Waals surface area (Å²) in [5.74, 6) is -0.206. The minimum atomic E-state index is -2.63. The molecule has 0 aliphatic rings. The van der Waals surface area contributed by atoms with Gasteiger partial charge in [-0.15, -0.1) is 0 Å². The lowest BCUT2D eigenvalue weighted by Crippen LogP contribution is -2.66. The van der Waals surface area contributed by atoms with Crippen LogP contribution in [-0.4, -0.2) is 43.9 Å². The molecule has 3 aromatic rings. The maximum absolute atomic E-state index is 13.3. The molecule has 0 aromatic heterocycles. The molecule has 1 amide bonds. The van der Waals surface area contributed by atoms with Crippen molar-refractivity contribution in [3.8, 4) is 0 Å². The highest BCUT2D eigenvalue weighted by Gasteiger charge is 2.50. The monoisotopic (exact) mass is 503 g/mol. The minimum absolute atomic E-state index is 0.0172. The van der Waals surface area contributed by atoms with Crippen LogP contribution in [0.25, 0.3) is 0 Å². The molecule has 0 bridgehead atoms. The first-order valence-corrected chi connectivity index (χ1v) is 14.7. The average molecular weight is 504 g/mol. The number of hydrogen-bond donors (Lipinski definition) is 1. The third kappa shape index (κ3) is 5.97. The van der Waals surface area contributed by atoms with Gasteiger partial charge in [0.25, 0.3) is 8.32 Å². The SMILES string of the molecule is C[C@H](CCO[Si](c1ccccc1)(c1ccccc1)C(C)(C)C)C(=O)N(C)[C@@H](C)[C@@H](O)c1ccccc1. The average Bonchev–Trinajstić information content (AvgIpc) is 2.90. The van der Waals surface area contributed by atoms with Gasteiger partial charge in [0.1, 0.15) is 0 Å². The summed E-state index contributed by atoms with van der Waals surface area (Å²) in [6, 6.07) is 30.3. The van der Waals surface area contributed by atoms with E-state index in [1.807, 2.05) is 56.3 Å². The van der Waals surface area contributed by atoms with Gasteiger partial charge in [-0.3, -0.25) is 4.79 Å². The predicted octanol–water partition coefficient (Wildman–Crippen LogP) is 5.17. The number of carbonyl (C=O) groups excluding carboxylic acids is 1. The second-order valence-electron chi connectivity index (χ2n) is 10.7. The number of aliphatic hydroxyl groups excluding tert-OH is 1. The summed E-state index contributed by atoms with van der Waals surface area (Å²) in [7, 11) is -0.850. The van der Waals surface area contributed by atoms with Crippen molar-refractivity contribution in [1.29, 1.82) is 0 Å². The van der Waals surface area contributed by atoms with Crippen LogP contribution in [0.1, 0.15) is 52.7 Å². The molecule has 0 radical (unpaired) electrons. The normalized spacial score (nSPS) is 14.6. The zero-order valence-electron chi connectivity index (χ0n) is 22.5. The highest BCUT2D eigenvalue weighted by Crippen LogP contribution is 2.37. The summed E-state index contributed by atoms with van der Waals surface area (Å²) in [6.07, 6.45) is -0.123. The summed E-state index contributed by atoms with van der Waals surface area (Å²) < 4.78 is 6.96. The van der Waals surface area contributed by atoms with Gasteiger partial charge < -0.3 is 14.4 Å². The van der Waals surface area contributed by atoms with E-state index in [9.17, 15) is 9.90 Å². The topological polar surface area (TPSA) is 49.8 Å². The van der Waals surface area contributed by atoms with Crippen LogP contribution in [0.5, 0.6) is 0 Å². The number of likely N-dealkylation sites (N-methyl/N-ethyl adjacent to an activating group) is 1. The maximum Gasteiger partial charge on any atom is 0.261 e. The molecule has 0 saturated heterocycles. The van der Waals surface area contributed by atoms with Gasteiger partial charge in [0.05, 0.1) is 12.1 Å². The first kappa shape index (κ1) is 27.8. The Hall–Kier alpha value is -2.73. The zero-order valence-corrected chi connectivity index (χ0v) is 23.5. The predicted molar refractivity (Wildman–Crippen MR) is 151 cm³/mol. The smallest absolute Gasteiger partial charge is 0.261 e. The Labute approximate surface area is 218 Å². The Morgan fingerprint density at radius 3 is 1.75 bits per heavy atom. The molecule has 4 nitrogen and oxygen atoms in total. The Balaban J connectivity index is 1.76. The lowest BCUT2D eigenvalue weighted by atomic mass is 10.0. The van der Waals surface area contributed by atoms with E-state index in [1.165, 1.54) is 10.4 Å². The zero-order chi connectivity index (χ0) is 26.3. The van der Waals surface area contributed by atoms with E-state index in [1.54, 1.807) is 11.9 Å². The van der Waals surface area contributed by atoms with E-state index in [0.717, 1.165) is 5.56 Å². The molecule has 0 heterocycles. The Bertz CT molecular complexity index is 1040. The summed E-state index contributed by atoms with van der Waals surface area (Å²) in [5, 5.41) is 13.2. The Kier molecular flexibility index (Phi) is 9.28. The van der Waals surface area contributed by atoms with E-state index >= 15 is 0 Å². The lowest BCUT2D eigenvalue weighted by molar-refractivity contribution is -0.138.